The van der Waals surface area contributed by atoms with Crippen molar-refractivity contribution in [2.45, 2.75) is 44.2 Å². The first-order valence-corrected chi connectivity index (χ1v) is 6.16. The van der Waals surface area contributed by atoms with Crippen LogP contribution in [0.3, 0.4) is 0 Å². The Balaban J connectivity index is 2.17. The molecule has 2 N–H and O–H groups in total. The maximum Gasteiger partial charge on any atom is 0.323 e. The summed E-state index contributed by atoms with van der Waals surface area (Å²) in [5, 5.41) is 12.4. The lowest BCUT2D eigenvalue weighted by Crippen LogP contribution is -2.50. The molecule has 1 atom stereocenters. The molecule has 100 valence electrons. The zero-order chi connectivity index (χ0) is 12.7. The number of hydrogen-bond donors (Lipinski definition) is 2. The van der Waals surface area contributed by atoms with Gasteiger partial charge in [-0.2, -0.15) is 0 Å². The number of methoxy groups -OCH3 is 1. The third kappa shape index (κ3) is 5.48. The number of carboxylic acid groups (broad SMARTS) is 1. The number of nitrogens with one attached hydrogen (secondary N) is 1. The molecular weight excluding hydrogens is 222 g/mol. The number of carbonyl (C=O) groups is 1. The molecule has 1 aliphatic rings. The second-order valence-corrected chi connectivity index (χ2v) is 4.76. The molecule has 0 aliphatic heterocycles. The fraction of sp³-hybridized carbons (Fsp3) is 0.917. The predicted octanol–water partition coefficient (Wildman–Crippen LogP) is 1.02. The van der Waals surface area contributed by atoms with Crippen molar-refractivity contribution >= 4 is 5.97 Å². The molecule has 1 rings (SSSR count). The van der Waals surface area contributed by atoms with Crippen LogP contribution in [0.5, 0.6) is 0 Å². The molecule has 0 aromatic rings. The van der Waals surface area contributed by atoms with Gasteiger partial charge in [0.2, 0.25) is 0 Å². The zero-order valence-electron chi connectivity index (χ0n) is 10.7. The Kier molecular flexibility index (Phi) is 5.88. The molecule has 0 aromatic heterocycles. The van der Waals surface area contributed by atoms with E-state index in [2.05, 4.69) is 5.32 Å². The van der Waals surface area contributed by atoms with Crippen molar-refractivity contribution in [2.24, 2.45) is 0 Å². The average Bonchev–Trinajstić information content (AvgIpc) is 3.07. The molecule has 1 fully saturated rings. The van der Waals surface area contributed by atoms with Gasteiger partial charge in [0.1, 0.15) is 5.54 Å². The summed E-state index contributed by atoms with van der Waals surface area (Å²) in [5.74, 6) is -0.777. The van der Waals surface area contributed by atoms with Gasteiger partial charge in [-0.05, 0) is 32.6 Å². The molecular formula is C12H23NO4. The summed E-state index contributed by atoms with van der Waals surface area (Å²) < 4.78 is 10.2. The quantitative estimate of drug-likeness (QED) is 0.563. The molecule has 0 heterocycles. The summed E-state index contributed by atoms with van der Waals surface area (Å²) in [6.07, 6.45) is 3.51. The minimum absolute atomic E-state index is 0.394. The van der Waals surface area contributed by atoms with E-state index in [9.17, 15) is 9.90 Å². The molecule has 1 unspecified atom stereocenters. The van der Waals surface area contributed by atoms with Crippen LogP contribution in [0.4, 0.5) is 0 Å². The van der Waals surface area contributed by atoms with Gasteiger partial charge in [-0.25, -0.2) is 0 Å². The monoisotopic (exact) mass is 245 g/mol. The second kappa shape index (κ2) is 6.93. The van der Waals surface area contributed by atoms with Crippen molar-refractivity contribution in [3.05, 3.63) is 0 Å². The van der Waals surface area contributed by atoms with Gasteiger partial charge >= 0.3 is 5.97 Å². The van der Waals surface area contributed by atoms with Crippen molar-refractivity contribution in [1.29, 1.82) is 0 Å². The summed E-state index contributed by atoms with van der Waals surface area (Å²) >= 11 is 0. The van der Waals surface area contributed by atoms with Crippen LogP contribution >= 0.6 is 0 Å². The van der Waals surface area contributed by atoms with E-state index in [4.69, 9.17) is 9.47 Å². The third-order valence-electron chi connectivity index (χ3n) is 2.97. The van der Waals surface area contributed by atoms with E-state index in [1.165, 1.54) is 0 Å². The van der Waals surface area contributed by atoms with Gasteiger partial charge in [-0.1, -0.05) is 0 Å². The Hall–Kier alpha value is -0.650. The fourth-order valence-corrected chi connectivity index (χ4v) is 1.69. The second-order valence-electron chi connectivity index (χ2n) is 4.76. The highest BCUT2D eigenvalue weighted by Gasteiger charge is 2.37. The SMILES string of the molecule is COCCOCCCC(C)(NC1CC1)C(=O)O. The van der Waals surface area contributed by atoms with Crippen LogP contribution in [0.2, 0.25) is 0 Å². The molecule has 0 radical (unpaired) electrons. The molecule has 0 aromatic carbocycles. The lowest BCUT2D eigenvalue weighted by Gasteiger charge is -2.26. The first kappa shape index (κ1) is 14.4. The maximum atomic E-state index is 11.2. The van der Waals surface area contributed by atoms with Crippen LogP contribution in [-0.2, 0) is 14.3 Å². The van der Waals surface area contributed by atoms with E-state index < -0.39 is 11.5 Å². The van der Waals surface area contributed by atoms with E-state index in [1.807, 2.05) is 0 Å². The van der Waals surface area contributed by atoms with Gasteiger partial charge in [0.15, 0.2) is 0 Å². The van der Waals surface area contributed by atoms with Crippen LogP contribution in [-0.4, -0.2) is 49.6 Å². The smallest absolute Gasteiger partial charge is 0.323 e. The molecule has 0 bridgehead atoms. The molecule has 5 heteroatoms. The highest BCUT2D eigenvalue weighted by molar-refractivity contribution is 5.78. The molecule has 5 nitrogen and oxygen atoms in total. The van der Waals surface area contributed by atoms with E-state index in [0.717, 1.165) is 19.3 Å². The van der Waals surface area contributed by atoms with Crippen molar-refractivity contribution in [1.82, 2.24) is 5.32 Å². The Bertz CT molecular complexity index is 243. The lowest BCUT2D eigenvalue weighted by atomic mass is 9.96. The number of hydrogen-bond acceptors (Lipinski definition) is 4. The number of carboxylic acids is 1. The standard InChI is InChI=1S/C12H23NO4/c1-12(11(14)15,13-10-4-5-10)6-3-7-17-9-8-16-2/h10,13H,3-9H2,1-2H3,(H,14,15). The van der Waals surface area contributed by atoms with Crippen LogP contribution in [0.1, 0.15) is 32.6 Å². The van der Waals surface area contributed by atoms with E-state index >= 15 is 0 Å². The Morgan fingerprint density at radius 1 is 1.41 bits per heavy atom. The van der Waals surface area contributed by atoms with Crippen LogP contribution in [0.25, 0.3) is 0 Å². The Labute approximate surface area is 102 Å². The molecule has 0 spiro atoms. The predicted molar refractivity (Wildman–Crippen MR) is 64.1 cm³/mol. The summed E-state index contributed by atoms with van der Waals surface area (Å²) in [6, 6.07) is 0.394. The van der Waals surface area contributed by atoms with Crippen LogP contribution < -0.4 is 5.32 Å². The van der Waals surface area contributed by atoms with E-state index in [0.29, 0.717) is 32.3 Å². The van der Waals surface area contributed by atoms with Gasteiger partial charge in [0.25, 0.3) is 0 Å². The van der Waals surface area contributed by atoms with Gasteiger partial charge in [0, 0.05) is 19.8 Å². The number of ether oxygens (including phenoxy) is 2. The van der Waals surface area contributed by atoms with E-state index in [1.54, 1.807) is 14.0 Å². The van der Waals surface area contributed by atoms with E-state index in [-0.39, 0.29) is 0 Å². The summed E-state index contributed by atoms with van der Waals surface area (Å²) in [5.41, 5.74) is -0.814. The van der Waals surface area contributed by atoms with Gasteiger partial charge in [-0.15, -0.1) is 0 Å². The first-order valence-electron chi connectivity index (χ1n) is 6.16. The minimum Gasteiger partial charge on any atom is -0.480 e. The third-order valence-corrected chi connectivity index (χ3v) is 2.97. The Morgan fingerprint density at radius 2 is 2.12 bits per heavy atom. The Morgan fingerprint density at radius 3 is 2.65 bits per heavy atom. The zero-order valence-corrected chi connectivity index (χ0v) is 10.7. The number of rotatable bonds is 10. The molecule has 1 saturated carbocycles. The van der Waals surface area contributed by atoms with Gasteiger partial charge < -0.3 is 14.6 Å². The summed E-state index contributed by atoms with van der Waals surface area (Å²) in [6.45, 7) is 3.48. The minimum atomic E-state index is -0.814. The highest BCUT2D eigenvalue weighted by atomic mass is 16.5. The summed E-state index contributed by atoms with van der Waals surface area (Å²) in [4.78, 5) is 11.2. The van der Waals surface area contributed by atoms with Gasteiger partial charge in [0.05, 0.1) is 13.2 Å². The van der Waals surface area contributed by atoms with Crippen molar-refractivity contribution in [2.75, 3.05) is 26.9 Å². The molecule has 1 aliphatic carbocycles. The normalized spacial score (nSPS) is 18.9. The van der Waals surface area contributed by atoms with Crippen molar-refractivity contribution in [3.8, 4) is 0 Å². The highest BCUT2D eigenvalue weighted by Crippen LogP contribution is 2.24. The first-order chi connectivity index (χ1) is 8.08. The molecule has 17 heavy (non-hydrogen) atoms. The van der Waals surface area contributed by atoms with Gasteiger partial charge in [-0.3, -0.25) is 10.1 Å². The molecule has 0 amide bonds. The topological polar surface area (TPSA) is 67.8 Å². The van der Waals surface area contributed by atoms with Crippen LogP contribution in [0, 0.1) is 0 Å². The molecule has 0 saturated heterocycles. The lowest BCUT2D eigenvalue weighted by molar-refractivity contribution is -0.144. The summed E-state index contributed by atoms with van der Waals surface area (Å²) in [7, 11) is 1.63. The fourth-order valence-electron chi connectivity index (χ4n) is 1.69. The largest absolute Gasteiger partial charge is 0.480 e. The van der Waals surface area contributed by atoms with Crippen molar-refractivity contribution in [3.63, 3.8) is 0 Å². The number of aliphatic carboxylic acids is 1. The van der Waals surface area contributed by atoms with Crippen LogP contribution in [0.15, 0.2) is 0 Å². The maximum absolute atomic E-state index is 11.2. The average molecular weight is 245 g/mol. The van der Waals surface area contributed by atoms with Crippen molar-refractivity contribution < 1.29 is 19.4 Å².